The van der Waals surface area contributed by atoms with Crippen LogP contribution in [0.15, 0.2) is 48.5 Å². The molecule has 1 amide bonds. The lowest BCUT2D eigenvalue weighted by Gasteiger charge is -2.11. The summed E-state index contributed by atoms with van der Waals surface area (Å²) in [6.07, 6.45) is 0. The highest BCUT2D eigenvalue weighted by molar-refractivity contribution is 5.97. The summed E-state index contributed by atoms with van der Waals surface area (Å²) in [5.74, 6) is 0.903. The molecule has 27 heavy (non-hydrogen) atoms. The summed E-state index contributed by atoms with van der Waals surface area (Å²) in [5, 5.41) is 7.57. The molecule has 1 aromatic heterocycles. The molecule has 0 aliphatic carbocycles. The Hall–Kier alpha value is -3.28. The fraction of sp³-hybridized carbons (Fsp3) is 0.238. The first-order chi connectivity index (χ1) is 13.0. The fourth-order valence-electron chi connectivity index (χ4n) is 3.00. The van der Waals surface area contributed by atoms with Crippen LogP contribution in [0.4, 0.5) is 0 Å². The summed E-state index contributed by atoms with van der Waals surface area (Å²) in [7, 11) is 3.11. The number of amides is 1. The number of carbonyl (C=O) groups is 1. The van der Waals surface area contributed by atoms with Gasteiger partial charge in [-0.15, -0.1) is 0 Å². The summed E-state index contributed by atoms with van der Waals surface area (Å²) in [4.78, 5) is 12.6. The molecule has 1 N–H and O–H groups in total. The minimum absolute atomic E-state index is 0.208. The van der Waals surface area contributed by atoms with E-state index in [4.69, 9.17) is 9.47 Å². The monoisotopic (exact) mass is 365 g/mol. The molecule has 0 saturated heterocycles. The number of para-hydroxylation sites is 1. The highest BCUT2D eigenvalue weighted by Gasteiger charge is 2.16. The fourth-order valence-corrected chi connectivity index (χ4v) is 3.00. The average Bonchev–Trinajstić information content (AvgIpc) is 2.99. The van der Waals surface area contributed by atoms with Gasteiger partial charge in [-0.1, -0.05) is 18.2 Å². The van der Waals surface area contributed by atoms with Crippen LogP contribution in [0, 0.1) is 13.8 Å². The molecule has 6 nitrogen and oxygen atoms in total. The lowest BCUT2D eigenvalue weighted by molar-refractivity contribution is 0.0947. The van der Waals surface area contributed by atoms with E-state index in [1.165, 1.54) is 7.11 Å². The van der Waals surface area contributed by atoms with E-state index in [1.54, 1.807) is 25.3 Å². The van der Waals surface area contributed by atoms with Crippen molar-refractivity contribution in [2.45, 2.75) is 20.4 Å². The summed E-state index contributed by atoms with van der Waals surface area (Å²) >= 11 is 0. The Morgan fingerprint density at radius 2 is 1.81 bits per heavy atom. The SMILES string of the molecule is COc1ccc(C(=O)NCc2c(C)nn(-c3ccccc3)c2C)c(OC)c1. The number of ether oxygens (including phenoxy) is 2. The van der Waals surface area contributed by atoms with Crippen molar-refractivity contribution in [3.05, 3.63) is 71.0 Å². The van der Waals surface area contributed by atoms with Crippen LogP contribution in [-0.2, 0) is 6.54 Å². The Balaban J connectivity index is 1.79. The van der Waals surface area contributed by atoms with Crippen LogP contribution in [0.1, 0.15) is 27.3 Å². The second kappa shape index (κ2) is 7.95. The van der Waals surface area contributed by atoms with Crippen LogP contribution in [0.3, 0.4) is 0 Å². The van der Waals surface area contributed by atoms with E-state index in [1.807, 2.05) is 48.9 Å². The molecule has 0 aliphatic heterocycles. The number of nitrogens with one attached hydrogen (secondary N) is 1. The normalized spacial score (nSPS) is 10.5. The van der Waals surface area contributed by atoms with Crippen LogP contribution in [-0.4, -0.2) is 29.9 Å². The van der Waals surface area contributed by atoms with Gasteiger partial charge in [0, 0.05) is 23.9 Å². The molecule has 0 radical (unpaired) electrons. The van der Waals surface area contributed by atoms with Crippen molar-refractivity contribution in [2.75, 3.05) is 14.2 Å². The van der Waals surface area contributed by atoms with Crippen LogP contribution in [0.5, 0.6) is 11.5 Å². The van der Waals surface area contributed by atoms with Gasteiger partial charge in [-0.25, -0.2) is 4.68 Å². The highest BCUT2D eigenvalue weighted by Crippen LogP contribution is 2.25. The molecular formula is C21H23N3O3. The Morgan fingerprint density at radius 3 is 2.48 bits per heavy atom. The number of benzene rings is 2. The lowest BCUT2D eigenvalue weighted by atomic mass is 10.1. The first kappa shape index (κ1) is 18.5. The topological polar surface area (TPSA) is 65.4 Å². The van der Waals surface area contributed by atoms with Crippen LogP contribution in [0.25, 0.3) is 5.69 Å². The molecule has 0 fully saturated rings. The van der Waals surface area contributed by atoms with E-state index in [-0.39, 0.29) is 5.91 Å². The van der Waals surface area contributed by atoms with E-state index >= 15 is 0 Å². The van der Waals surface area contributed by atoms with Gasteiger partial charge in [0.15, 0.2) is 0 Å². The number of aryl methyl sites for hydroxylation is 1. The van der Waals surface area contributed by atoms with Gasteiger partial charge in [0.05, 0.1) is 31.2 Å². The van der Waals surface area contributed by atoms with E-state index in [9.17, 15) is 4.79 Å². The Kier molecular flexibility index (Phi) is 5.45. The first-order valence-electron chi connectivity index (χ1n) is 8.66. The maximum absolute atomic E-state index is 12.6. The quantitative estimate of drug-likeness (QED) is 0.727. The van der Waals surface area contributed by atoms with Crippen LogP contribution in [0.2, 0.25) is 0 Å². The number of hydrogen-bond donors (Lipinski definition) is 1. The van der Waals surface area contributed by atoms with E-state index < -0.39 is 0 Å². The van der Waals surface area contributed by atoms with E-state index in [0.717, 1.165) is 22.6 Å². The molecule has 3 rings (SSSR count). The van der Waals surface area contributed by atoms with Crippen LogP contribution >= 0.6 is 0 Å². The van der Waals surface area contributed by atoms with Crippen molar-refractivity contribution < 1.29 is 14.3 Å². The number of hydrogen-bond acceptors (Lipinski definition) is 4. The highest BCUT2D eigenvalue weighted by atomic mass is 16.5. The minimum atomic E-state index is -0.208. The minimum Gasteiger partial charge on any atom is -0.497 e. The molecule has 2 aromatic carbocycles. The lowest BCUT2D eigenvalue weighted by Crippen LogP contribution is -2.24. The van der Waals surface area contributed by atoms with Gasteiger partial charge in [-0.3, -0.25) is 4.79 Å². The number of aromatic nitrogens is 2. The van der Waals surface area contributed by atoms with Gasteiger partial charge in [0.2, 0.25) is 0 Å². The van der Waals surface area contributed by atoms with Gasteiger partial charge in [0.25, 0.3) is 5.91 Å². The predicted molar refractivity (Wildman–Crippen MR) is 104 cm³/mol. The molecule has 6 heteroatoms. The van der Waals surface area contributed by atoms with E-state index in [0.29, 0.717) is 23.6 Å². The first-order valence-corrected chi connectivity index (χ1v) is 8.66. The largest absolute Gasteiger partial charge is 0.497 e. The van der Waals surface area contributed by atoms with Gasteiger partial charge < -0.3 is 14.8 Å². The Bertz CT molecular complexity index is 949. The van der Waals surface area contributed by atoms with Crippen molar-refractivity contribution in [3.8, 4) is 17.2 Å². The summed E-state index contributed by atoms with van der Waals surface area (Å²) < 4.78 is 12.4. The van der Waals surface area contributed by atoms with Crippen molar-refractivity contribution in [1.82, 2.24) is 15.1 Å². The molecule has 0 atom stereocenters. The number of rotatable bonds is 6. The van der Waals surface area contributed by atoms with Gasteiger partial charge >= 0.3 is 0 Å². The van der Waals surface area contributed by atoms with Gasteiger partial charge in [-0.05, 0) is 38.1 Å². The van der Waals surface area contributed by atoms with E-state index in [2.05, 4.69) is 10.4 Å². The molecule has 3 aromatic rings. The third-order valence-electron chi connectivity index (χ3n) is 4.52. The van der Waals surface area contributed by atoms with Crippen LogP contribution < -0.4 is 14.8 Å². The molecule has 0 saturated carbocycles. The molecular weight excluding hydrogens is 342 g/mol. The maximum Gasteiger partial charge on any atom is 0.255 e. The second-order valence-corrected chi connectivity index (χ2v) is 6.15. The van der Waals surface area contributed by atoms with Crippen molar-refractivity contribution >= 4 is 5.91 Å². The standard InChI is InChI=1S/C21H23N3O3/c1-14-19(15(2)24(23-14)16-8-6-5-7-9-16)13-22-21(25)18-11-10-17(26-3)12-20(18)27-4/h5-12H,13H2,1-4H3,(H,22,25). The molecule has 0 bridgehead atoms. The zero-order valence-corrected chi connectivity index (χ0v) is 15.9. The number of nitrogens with zero attached hydrogens (tertiary/aromatic N) is 2. The Labute approximate surface area is 158 Å². The van der Waals surface area contributed by atoms with Crippen molar-refractivity contribution in [3.63, 3.8) is 0 Å². The molecule has 140 valence electrons. The number of carbonyl (C=O) groups excluding carboxylic acids is 1. The zero-order chi connectivity index (χ0) is 19.4. The van der Waals surface area contributed by atoms with Gasteiger partial charge in [0.1, 0.15) is 11.5 Å². The third-order valence-corrected chi connectivity index (χ3v) is 4.52. The van der Waals surface area contributed by atoms with Crippen molar-refractivity contribution in [1.29, 1.82) is 0 Å². The molecule has 1 heterocycles. The molecule has 0 unspecified atom stereocenters. The maximum atomic E-state index is 12.6. The van der Waals surface area contributed by atoms with Crippen molar-refractivity contribution in [2.24, 2.45) is 0 Å². The van der Waals surface area contributed by atoms with Gasteiger partial charge in [-0.2, -0.15) is 5.10 Å². The summed E-state index contributed by atoms with van der Waals surface area (Å²) in [6.45, 7) is 4.34. The zero-order valence-electron chi connectivity index (χ0n) is 15.9. The third kappa shape index (κ3) is 3.79. The smallest absolute Gasteiger partial charge is 0.255 e. The Morgan fingerprint density at radius 1 is 1.07 bits per heavy atom. The second-order valence-electron chi connectivity index (χ2n) is 6.15. The average molecular weight is 365 g/mol. The summed E-state index contributed by atoms with van der Waals surface area (Å²) in [5.41, 5.74) is 4.34. The number of methoxy groups -OCH3 is 2. The summed E-state index contributed by atoms with van der Waals surface area (Å²) in [6, 6.07) is 15.1. The molecule has 0 aliphatic rings. The molecule has 0 spiro atoms. The predicted octanol–water partition coefficient (Wildman–Crippen LogP) is 3.44.